The van der Waals surface area contributed by atoms with E-state index in [-0.39, 0.29) is 30.2 Å². The van der Waals surface area contributed by atoms with Crippen molar-refractivity contribution in [3.8, 4) is 0 Å². The first-order chi connectivity index (χ1) is 15.8. The van der Waals surface area contributed by atoms with Crippen molar-refractivity contribution in [2.45, 2.75) is 39.8 Å². The molecule has 4 rings (SSSR count). The fourth-order valence-electron chi connectivity index (χ4n) is 4.36. The average molecular weight is 447 g/mol. The Hall–Kier alpha value is -3.87. The fourth-order valence-corrected chi connectivity index (χ4v) is 4.36. The number of hydrogen-bond acceptors (Lipinski definition) is 4. The molecule has 7 nitrogen and oxygen atoms in total. The summed E-state index contributed by atoms with van der Waals surface area (Å²) < 4.78 is 8.31. The highest BCUT2D eigenvalue weighted by molar-refractivity contribution is 6.14. The number of fused-ring (bicyclic) bond motifs is 3. The molecule has 33 heavy (non-hydrogen) atoms. The Kier molecular flexibility index (Phi) is 6.05. The number of aromatic nitrogens is 2. The van der Waals surface area contributed by atoms with Crippen molar-refractivity contribution < 1.29 is 19.4 Å². The molecule has 0 fully saturated rings. The van der Waals surface area contributed by atoms with Crippen molar-refractivity contribution in [3.05, 3.63) is 81.8 Å². The van der Waals surface area contributed by atoms with Crippen molar-refractivity contribution in [1.29, 1.82) is 0 Å². The molecule has 0 amide bonds. The van der Waals surface area contributed by atoms with Gasteiger partial charge >= 0.3 is 11.9 Å². The molecule has 0 spiro atoms. The Bertz CT molecular complexity index is 1410. The number of carbonyl (C=O) groups excluding carboxylic acids is 1. The minimum Gasteiger partial charge on any atom is -0.478 e. The predicted octanol–water partition coefficient (Wildman–Crippen LogP) is 4.39. The van der Waals surface area contributed by atoms with E-state index in [1.54, 1.807) is 23.6 Å². The van der Waals surface area contributed by atoms with Crippen LogP contribution in [0.4, 0.5) is 0 Å². The Morgan fingerprint density at radius 1 is 0.970 bits per heavy atom. The van der Waals surface area contributed by atoms with Crippen LogP contribution < -0.4 is 5.56 Å². The Morgan fingerprint density at radius 3 is 2.33 bits per heavy atom. The number of hydrogen-bond donors (Lipinski definition) is 1. The second-order valence-corrected chi connectivity index (χ2v) is 8.26. The molecule has 170 valence electrons. The monoisotopic (exact) mass is 446 g/mol. The van der Waals surface area contributed by atoms with Crippen LogP contribution in [-0.2, 0) is 22.6 Å². The van der Waals surface area contributed by atoms with Crippen molar-refractivity contribution in [3.63, 3.8) is 0 Å². The van der Waals surface area contributed by atoms with Gasteiger partial charge in [-0.3, -0.25) is 14.2 Å². The number of carboxylic acids is 1. The minimum absolute atomic E-state index is 0.0355. The quantitative estimate of drug-likeness (QED) is 0.425. The summed E-state index contributed by atoms with van der Waals surface area (Å²) in [6.07, 6.45) is 0. The lowest BCUT2D eigenvalue weighted by molar-refractivity contribution is -0.143. The van der Waals surface area contributed by atoms with E-state index in [0.29, 0.717) is 34.0 Å². The van der Waals surface area contributed by atoms with Gasteiger partial charge < -0.3 is 14.4 Å². The molecule has 0 unspecified atom stereocenters. The number of carboxylic acid groups (broad SMARTS) is 1. The highest BCUT2D eigenvalue weighted by Crippen LogP contribution is 2.32. The van der Waals surface area contributed by atoms with Gasteiger partial charge in [0.1, 0.15) is 12.1 Å². The van der Waals surface area contributed by atoms with E-state index in [9.17, 15) is 19.5 Å². The number of rotatable bonds is 7. The maximum atomic E-state index is 13.8. The first kappa shape index (κ1) is 22.3. The number of ether oxygens (including phenoxy) is 1. The Morgan fingerprint density at radius 2 is 1.70 bits per heavy atom. The molecule has 0 saturated carbocycles. The maximum Gasteiger partial charge on any atom is 0.337 e. The van der Waals surface area contributed by atoms with E-state index >= 15 is 0 Å². The van der Waals surface area contributed by atoms with E-state index in [0.717, 1.165) is 5.56 Å². The molecular weight excluding hydrogens is 420 g/mol. The molecule has 0 saturated heterocycles. The van der Waals surface area contributed by atoms with Gasteiger partial charge in [-0.2, -0.15) is 0 Å². The van der Waals surface area contributed by atoms with Crippen LogP contribution >= 0.6 is 0 Å². The molecule has 0 radical (unpaired) electrons. The van der Waals surface area contributed by atoms with E-state index in [1.807, 2.05) is 56.3 Å². The first-order valence-corrected chi connectivity index (χ1v) is 10.9. The van der Waals surface area contributed by atoms with E-state index < -0.39 is 11.9 Å². The number of pyridine rings is 1. The van der Waals surface area contributed by atoms with Crippen LogP contribution in [0.25, 0.3) is 21.8 Å². The normalized spacial score (nSPS) is 11.4. The van der Waals surface area contributed by atoms with Gasteiger partial charge in [-0.15, -0.1) is 0 Å². The van der Waals surface area contributed by atoms with Crippen LogP contribution in [-0.4, -0.2) is 32.8 Å². The molecule has 0 aliphatic rings. The standard InChI is InChI=1S/C26H26N2O5/c1-4-33-22(29)15-27-21(16(2)3)13-20-18-11-8-12-19(26(31)32)23(18)28(24(20)25(27)30)14-17-9-6-5-7-10-17/h5-13,16H,4,14-15H2,1-3H3,(H,31,32). The highest BCUT2D eigenvalue weighted by atomic mass is 16.5. The summed E-state index contributed by atoms with van der Waals surface area (Å²) in [4.78, 5) is 38.2. The Balaban J connectivity index is 2.11. The van der Waals surface area contributed by atoms with Crippen LogP contribution in [0.2, 0.25) is 0 Å². The SMILES string of the molecule is CCOC(=O)Cn1c(C(C)C)cc2c3cccc(C(=O)O)c3n(Cc3ccccc3)c2c1=O. The third kappa shape index (κ3) is 4.02. The summed E-state index contributed by atoms with van der Waals surface area (Å²) in [5, 5.41) is 11.3. The number of para-hydroxylation sites is 1. The Labute approximate surface area is 190 Å². The maximum absolute atomic E-state index is 13.8. The molecule has 0 aliphatic carbocycles. The molecule has 0 bridgehead atoms. The van der Waals surface area contributed by atoms with E-state index in [2.05, 4.69) is 0 Å². The number of aromatic carboxylic acids is 1. The molecule has 4 aromatic rings. The second-order valence-electron chi connectivity index (χ2n) is 8.26. The summed E-state index contributed by atoms with van der Waals surface area (Å²) in [6.45, 7) is 5.97. The van der Waals surface area contributed by atoms with E-state index in [4.69, 9.17) is 4.74 Å². The number of benzene rings is 2. The third-order valence-corrected chi connectivity index (χ3v) is 5.77. The molecule has 2 aromatic heterocycles. The van der Waals surface area contributed by atoms with Gasteiger partial charge in [-0.1, -0.05) is 56.3 Å². The molecule has 0 atom stereocenters. The summed E-state index contributed by atoms with van der Waals surface area (Å²) in [5.41, 5.74) is 2.27. The summed E-state index contributed by atoms with van der Waals surface area (Å²) in [6, 6.07) is 16.5. The first-order valence-electron chi connectivity index (χ1n) is 10.9. The predicted molar refractivity (Wildman–Crippen MR) is 127 cm³/mol. The molecule has 7 heteroatoms. The van der Waals surface area contributed by atoms with Crippen LogP contribution in [0.3, 0.4) is 0 Å². The van der Waals surface area contributed by atoms with E-state index in [1.165, 1.54) is 4.57 Å². The lowest BCUT2D eigenvalue weighted by Crippen LogP contribution is -2.30. The fraction of sp³-hybridized carbons (Fsp3) is 0.269. The van der Waals surface area contributed by atoms with Gasteiger partial charge in [-0.05, 0) is 30.5 Å². The van der Waals surface area contributed by atoms with Crippen molar-refractivity contribution >= 4 is 33.7 Å². The van der Waals surface area contributed by atoms with Crippen LogP contribution in [0.15, 0.2) is 59.4 Å². The number of carbonyl (C=O) groups is 2. The highest BCUT2D eigenvalue weighted by Gasteiger charge is 2.23. The topological polar surface area (TPSA) is 90.5 Å². The van der Waals surface area contributed by atoms with Gasteiger partial charge in [0, 0.05) is 23.0 Å². The van der Waals surface area contributed by atoms with Crippen molar-refractivity contribution in [2.75, 3.05) is 6.61 Å². The lowest BCUT2D eigenvalue weighted by Gasteiger charge is -2.16. The molecule has 0 aliphatic heterocycles. The van der Waals surface area contributed by atoms with Gasteiger partial charge in [0.25, 0.3) is 5.56 Å². The summed E-state index contributed by atoms with van der Waals surface area (Å²) in [7, 11) is 0. The minimum atomic E-state index is -1.06. The lowest BCUT2D eigenvalue weighted by atomic mass is 10.0. The zero-order chi connectivity index (χ0) is 23.7. The third-order valence-electron chi connectivity index (χ3n) is 5.77. The smallest absolute Gasteiger partial charge is 0.337 e. The molecule has 2 aromatic carbocycles. The van der Waals surface area contributed by atoms with Gasteiger partial charge in [0.05, 0.1) is 17.7 Å². The largest absolute Gasteiger partial charge is 0.478 e. The number of esters is 1. The van der Waals surface area contributed by atoms with Gasteiger partial charge in [-0.25, -0.2) is 4.79 Å². The van der Waals surface area contributed by atoms with Gasteiger partial charge in [0.2, 0.25) is 0 Å². The molecular formula is C26H26N2O5. The molecule has 2 heterocycles. The van der Waals surface area contributed by atoms with Crippen LogP contribution in [0.5, 0.6) is 0 Å². The van der Waals surface area contributed by atoms with Crippen molar-refractivity contribution in [1.82, 2.24) is 9.13 Å². The zero-order valence-electron chi connectivity index (χ0n) is 18.9. The molecule has 1 N–H and O–H groups in total. The van der Waals surface area contributed by atoms with Crippen LogP contribution in [0, 0.1) is 0 Å². The van der Waals surface area contributed by atoms with Gasteiger partial charge in [0.15, 0.2) is 0 Å². The summed E-state index contributed by atoms with van der Waals surface area (Å²) >= 11 is 0. The second kappa shape index (κ2) is 8.94. The zero-order valence-corrected chi connectivity index (χ0v) is 18.9. The average Bonchev–Trinajstić information content (AvgIpc) is 3.10. The summed E-state index contributed by atoms with van der Waals surface area (Å²) in [5.74, 6) is -1.59. The van der Waals surface area contributed by atoms with Crippen LogP contribution in [0.1, 0.15) is 48.3 Å². The number of nitrogens with zero attached hydrogens (tertiary/aromatic N) is 2. The van der Waals surface area contributed by atoms with Crippen molar-refractivity contribution in [2.24, 2.45) is 0 Å².